The molecule has 0 bridgehead atoms. The fourth-order valence-corrected chi connectivity index (χ4v) is 3.15. The van der Waals surface area contributed by atoms with Crippen molar-refractivity contribution in [2.24, 2.45) is 0 Å². The molecule has 1 amide bonds. The minimum atomic E-state index is -0.210. The van der Waals surface area contributed by atoms with Crippen molar-refractivity contribution in [3.63, 3.8) is 0 Å². The zero-order chi connectivity index (χ0) is 17.6. The third-order valence-corrected chi connectivity index (χ3v) is 4.52. The predicted molar refractivity (Wildman–Crippen MR) is 98.6 cm³/mol. The molecule has 5 nitrogen and oxygen atoms in total. The number of carbonyl (C=O) groups is 1. The number of rotatable bonds is 6. The van der Waals surface area contributed by atoms with Gasteiger partial charge >= 0.3 is 0 Å². The van der Waals surface area contributed by atoms with E-state index in [2.05, 4.69) is 34.5 Å². The number of hydrogen-bond donors (Lipinski definition) is 1. The number of amides is 1. The van der Waals surface area contributed by atoms with Gasteiger partial charge in [-0.05, 0) is 42.7 Å². The molecule has 1 N–H and O–H groups in total. The van der Waals surface area contributed by atoms with Crippen molar-refractivity contribution < 1.29 is 14.3 Å². The maximum Gasteiger partial charge on any atom is 0.259 e. The molecule has 3 rings (SSSR count). The standard InChI is InChI=1S/C20H24N2O3/c1-24-17-6-5-7-18(25-2)19(17)20(23)21-14-15-8-10-16(11-9-15)22-12-3-4-13-22/h5-11H,3-4,12-14H2,1-2H3,(H,21,23). The molecule has 1 heterocycles. The summed E-state index contributed by atoms with van der Waals surface area (Å²) in [5, 5.41) is 2.94. The number of hydrogen-bond acceptors (Lipinski definition) is 4. The first-order chi connectivity index (χ1) is 12.2. The Morgan fingerprint density at radius 2 is 1.60 bits per heavy atom. The molecule has 1 fully saturated rings. The molecule has 5 heteroatoms. The summed E-state index contributed by atoms with van der Waals surface area (Å²) in [6, 6.07) is 13.7. The maximum absolute atomic E-state index is 12.6. The van der Waals surface area contributed by atoms with E-state index >= 15 is 0 Å². The number of carbonyl (C=O) groups excluding carboxylic acids is 1. The first kappa shape index (κ1) is 17.1. The first-order valence-electron chi connectivity index (χ1n) is 8.56. The van der Waals surface area contributed by atoms with Crippen LogP contribution >= 0.6 is 0 Å². The number of methoxy groups -OCH3 is 2. The lowest BCUT2D eigenvalue weighted by Crippen LogP contribution is -2.24. The Hall–Kier alpha value is -2.69. The van der Waals surface area contributed by atoms with Gasteiger partial charge < -0.3 is 19.7 Å². The lowest BCUT2D eigenvalue weighted by atomic mass is 10.1. The number of benzene rings is 2. The van der Waals surface area contributed by atoms with Crippen LogP contribution in [-0.2, 0) is 6.54 Å². The largest absolute Gasteiger partial charge is 0.496 e. The van der Waals surface area contributed by atoms with Gasteiger partial charge in [0.1, 0.15) is 17.1 Å². The monoisotopic (exact) mass is 340 g/mol. The van der Waals surface area contributed by atoms with Crippen molar-refractivity contribution in [1.82, 2.24) is 5.32 Å². The van der Waals surface area contributed by atoms with Gasteiger partial charge in [-0.3, -0.25) is 4.79 Å². The Kier molecular flexibility index (Phi) is 5.43. The molecule has 1 aliphatic rings. The Bertz CT molecular complexity index is 700. The van der Waals surface area contributed by atoms with Crippen LogP contribution in [0.1, 0.15) is 28.8 Å². The van der Waals surface area contributed by atoms with Crippen LogP contribution in [0, 0.1) is 0 Å². The fourth-order valence-electron chi connectivity index (χ4n) is 3.15. The van der Waals surface area contributed by atoms with Gasteiger partial charge in [0.05, 0.1) is 14.2 Å². The van der Waals surface area contributed by atoms with Crippen molar-refractivity contribution in [1.29, 1.82) is 0 Å². The quantitative estimate of drug-likeness (QED) is 0.877. The van der Waals surface area contributed by atoms with Gasteiger partial charge in [-0.15, -0.1) is 0 Å². The van der Waals surface area contributed by atoms with Crippen molar-refractivity contribution >= 4 is 11.6 Å². The van der Waals surface area contributed by atoms with Crippen LogP contribution in [0.4, 0.5) is 5.69 Å². The van der Waals surface area contributed by atoms with Crippen LogP contribution in [0.15, 0.2) is 42.5 Å². The van der Waals surface area contributed by atoms with E-state index in [0.717, 1.165) is 18.7 Å². The molecule has 1 saturated heterocycles. The van der Waals surface area contributed by atoms with Crippen molar-refractivity contribution in [2.75, 3.05) is 32.2 Å². The molecule has 2 aromatic rings. The van der Waals surface area contributed by atoms with E-state index in [0.29, 0.717) is 23.6 Å². The second-order valence-electron chi connectivity index (χ2n) is 6.08. The SMILES string of the molecule is COc1cccc(OC)c1C(=O)NCc1ccc(N2CCCC2)cc1. The summed E-state index contributed by atoms with van der Waals surface area (Å²) in [6.45, 7) is 2.72. The average Bonchev–Trinajstić information content (AvgIpc) is 3.20. The molecule has 25 heavy (non-hydrogen) atoms. The molecule has 0 aliphatic carbocycles. The van der Waals surface area contributed by atoms with E-state index in [-0.39, 0.29) is 5.91 Å². The Balaban J connectivity index is 1.66. The minimum Gasteiger partial charge on any atom is -0.496 e. The summed E-state index contributed by atoms with van der Waals surface area (Å²) in [4.78, 5) is 15.0. The molecule has 0 spiro atoms. The van der Waals surface area contributed by atoms with E-state index in [1.807, 2.05) is 0 Å². The van der Waals surface area contributed by atoms with Gasteiger partial charge in [-0.1, -0.05) is 18.2 Å². The minimum absolute atomic E-state index is 0.210. The molecular formula is C20H24N2O3. The molecule has 2 aromatic carbocycles. The van der Waals surface area contributed by atoms with E-state index in [9.17, 15) is 4.79 Å². The Labute approximate surface area is 148 Å². The van der Waals surface area contributed by atoms with Gasteiger partial charge in [0, 0.05) is 25.3 Å². The van der Waals surface area contributed by atoms with E-state index in [1.165, 1.54) is 18.5 Å². The predicted octanol–water partition coefficient (Wildman–Crippen LogP) is 3.23. The highest BCUT2D eigenvalue weighted by Gasteiger charge is 2.18. The maximum atomic E-state index is 12.6. The van der Waals surface area contributed by atoms with E-state index in [4.69, 9.17) is 9.47 Å². The third kappa shape index (κ3) is 3.87. The van der Waals surface area contributed by atoms with E-state index in [1.54, 1.807) is 32.4 Å². The van der Waals surface area contributed by atoms with Crippen LogP contribution in [0.25, 0.3) is 0 Å². The highest BCUT2D eigenvalue weighted by molar-refractivity contribution is 5.99. The van der Waals surface area contributed by atoms with Crippen LogP contribution in [0.2, 0.25) is 0 Å². The lowest BCUT2D eigenvalue weighted by Gasteiger charge is -2.18. The number of nitrogens with one attached hydrogen (secondary N) is 1. The molecule has 0 unspecified atom stereocenters. The second-order valence-corrected chi connectivity index (χ2v) is 6.08. The van der Waals surface area contributed by atoms with Crippen LogP contribution in [0.5, 0.6) is 11.5 Å². The summed E-state index contributed by atoms with van der Waals surface area (Å²) in [6.07, 6.45) is 2.52. The number of nitrogens with zero attached hydrogens (tertiary/aromatic N) is 1. The Morgan fingerprint density at radius 1 is 1.00 bits per heavy atom. The Morgan fingerprint density at radius 3 is 2.16 bits per heavy atom. The molecule has 0 atom stereocenters. The van der Waals surface area contributed by atoms with Gasteiger partial charge in [0.25, 0.3) is 5.91 Å². The zero-order valence-electron chi connectivity index (χ0n) is 14.7. The van der Waals surface area contributed by atoms with Gasteiger partial charge in [0.15, 0.2) is 0 Å². The molecular weight excluding hydrogens is 316 g/mol. The zero-order valence-corrected chi connectivity index (χ0v) is 14.7. The normalized spacial score (nSPS) is 13.6. The average molecular weight is 340 g/mol. The molecule has 132 valence electrons. The number of anilines is 1. The van der Waals surface area contributed by atoms with Gasteiger partial charge in [0.2, 0.25) is 0 Å². The highest BCUT2D eigenvalue weighted by Crippen LogP contribution is 2.28. The van der Waals surface area contributed by atoms with Crippen LogP contribution in [-0.4, -0.2) is 33.2 Å². The summed E-state index contributed by atoms with van der Waals surface area (Å²) in [5.74, 6) is 0.792. The molecule has 0 saturated carbocycles. The smallest absolute Gasteiger partial charge is 0.259 e. The first-order valence-corrected chi connectivity index (χ1v) is 8.56. The molecule has 0 radical (unpaired) electrons. The van der Waals surface area contributed by atoms with Crippen molar-refractivity contribution in [2.45, 2.75) is 19.4 Å². The molecule has 0 aromatic heterocycles. The third-order valence-electron chi connectivity index (χ3n) is 4.52. The topological polar surface area (TPSA) is 50.8 Å². The second kappa shape index (κ2) is 7.92. The summed E-state index contributed by atoms with van der Waals surface area (Å²) in [7, 11) is 3.09. The number of ether oxygens (including phenoxy) is 2. The van der Waals surface area contributed by atoms with Gasteiger partial charge in [-0.2, -0.15) is 0 Å². The summed E-state index contributed by atoms with van der Waals surface area (Å²) >= 11 is 0. The highest BCUT2D eigenvalue weighted by atomic mass is 16.5. The summed E-state index contributed by atoms with van der Waals surface area (Å²) < 4.78 is 10.6. The summed E-state index contributed by atoms with van der Waals surface area (Å²) in [5.41, 5.74) is 2.73. The molecule has 1 aliphatic heterocycles. The fraction of sp³-hybridized carbons (Fsp3) is 0.350. The van der Waals surface area contributed by atoms with E-state index < -0.39 is 0 Å². The van der Waals surface area contributed by atoms with Crippen molar-refractivity contribution in [3.05, 3.63) is 53.6 Å². The van der Waals surface area contributed by atoms with Crippen molar-refractivity contribution in [3.8, 4) is 11.5 Å². The van der Waals surface area contributed by atoms with Gasteiger partial charge in [-0.25, -0.2) is 0 Å². The van der Waals surface area contributed by atoms with Crippen LogP contribution < -0.4 is 19.7 Å². The lowest BCUT2D eigenvalue weighted by molar-refractivity contribution is 0.0944. The van der Waals surface area contributed by atoms with Crippen LogP contribution in [0.3, 0.4) is 0 Å².